The van der Waals surface area contributed by atoms with Crippen molar-refractivity contribution in [2.75, 3.05) is 7.11 Å². The summed E-state index contributed by atoms with van der Waals surface area (Å²) in [4.78, 5) is 4.12. The van der Waals surface area contributed by atoms with Crippen molar-refractivity contribution in [3.63, 3.8) is 0 Å². The van der Waals surface area contributed by atoms with Crippen LogP contribution in [0.25, 0.3) is 0 Å². The van der Waals surface area contributed by atoms with Crippen molar-refractivity contribution < 1.29 is 25.9 Å². The van der Waals surface area contributed by atoms with E-state index in [0.717, 1.165) is 5.75 Å². The van der Waals surface area contributed by atoms with E-state index in [2.05, 4.69) is 23.2 Å². The van der Waals surface area contributed by atoms with Crippen LogP contribution in [-0.4, -0.2) is 12.1 Å². The van der Waals surface area contributed by atoms with Crippen LogP contribution in [0.4, 0.5) is 0 Å². The lowest BCUT2D eigenvalue weighted by Gasteiger charge is -1.95. The van der Waals surface area contributed by atoms with Gasteiger partial charge in [0.25, 0.3) is 0 Å². The molecule has 0 saturated heterocycles. The Bertz CT molecular complexity index is 413. The molecule has 2 aromatic rings. The van der Waals surface area contributed by atoms with Crippen molar-refractivity contribution in [3.05, 3.63) is 55.9 Å². The second-order valence-electron chi connectivity index (χ2n) is 2.92. The summed E-state index contributed by atoms with van der Waals surface area (Å²) in [7, 11) is 1.69. The molecule has 0 radical (unpaired) electrons. The number of hydrogen-bond acceptors (Lipinski definition) is 2. The number of rotatable bonds is 3. The summed E-state index contributed by atoms with van der Waals surface area (Å²) >= 11 is -0.107. The van der Waals surface area contributed by atoms with Gasteiger partial charge in [-0.2, -0.15) is 0 Å². The van der Waals surface area contributed by atoms with Crippen molar-refractivity contribution >= 4 is 0 Å². The van der Waals surface area contributed by atoms with Crippen molar-refractivity contribution in [1.82, 2.24) is 4.98 Å². The average molecular weight is 312 g/mol. The number of ether oxygens (including phenoxy) is 1. The monoisotopic (exact) mass is 312 g/mol. The minimum Gasteiger partial charge on any atom is -0.497 e. The zero-order valence-corrected chi connectivity index (χ0v) is 10.5. The van der Waals surface area contributed by atoms with Gasteiger partial charge < -0.3 is 4.74 Å². The molecule has 0 spiro atoms. The molecule has 1 aromatic carbocycles. The minimum atomic E-state index is -0.107. The SMILES string of the molecule is COc1ccc([I+]c2cccnc2)cc1. The highest BCUT2D eigenvalue weighted by Gasteiger charge is 2.14. The number of benzene rings is 1. The van der Waals surface area contributed by atoms with Crippen LogP contribution in [0.3, 0.4) is 0 Å². The van der Waals surface area contributed by atoms with Gasteiger partial charge in [-0.15, -0.1) is 0 Å². The maximum atomic E-state index is 5.12. The Hall–Kier alpha value is -1.10. The molecule has 0 aliphatic heterocycles. The van der Waals surface area contributed by atoms with Crippen molar-refractivity contribution in [1.29, 1.82) is 0 Å². The molecule has 0 saturated carbocycles. The Kier molecular flexibility index (Phi) is 3.55. The molecule has 0 unspecified atom stereocenters. The van der Waals surface area contributed by atoms with E-state index in [1.807, 2.05) is 24.4 Å². The molecular weight excluding hydrogens is 301 g/mol. The molecule has 0 atom stereocenters. The fourth-order valence-electron chi connectivity index (χ4n) is 1.16. The molecular formula is C12H11INO+. The molecule has 0 N–H and O–H groups in total. The summed E-state index contributed by atoms with van der Waals surface area (Å²) in [6, 6.07) is 12.4. The first-order chi connectivity index (χ1) is 7.38. The standard InChI is InChI=1S/C12H11INO/c1-15-12-6-4-10(5-7-12)13-11-3-2-8-14-9-11/h2-9H,1H3/q+1. The van der Waals surface area contributed by atoms with Gasteiger partial charge >= 0.3 is 21.2 Å². The number of hydrogen-bond donors (Lipinski definition) is 0. The van der Waals surface area contributed by atoms with E-state index in [-0.39, 0.29) is 21.2 Å². The van der Waals surface area contributed by atoms with Crippen LogP contribution in [0.2, 0.25) is 0 Å². The second kappa shape index (κ2) is 5.11. The van der Waals surface area contributed by atoms with Gasteiger partial charge in [0.05, 0.1) is 13.3 Å². The zero-order valence-electron chi connectivity index (χ0n) is 8.35. The van der Waals surface area contributed by atoms with Crippen molar-refractivity contribution in [3.8, 4) is 5.75 Å². The Labute approximate surface area is 99.6 Å². The first-order valence-electron chi connectivity index (χ1n) is 4.57. The predicted molar refractivity (Wildman–Crippen MR) is 54.6 cm³/mol. The fraction of sp³-hybridized carbons (Fsp3) is 0.0833. The maximum absolute atomic E-state index is 5.12. The lowest BCUT2D eigenvalue weighted by molar-refractivity contribution is -0.597. The van der Waals surface area contributed by atoms with Crippen LogP contribution in [0.5, 0.6) is 5.75 Å². The summed E-state index contributed by atoms with van der Waals surface area (Å²) < 4.78 is 7.83. The van der Waals surface area contributed by atoms with Gasteiger partial charge in [0.2, 0.25) is 3.57 Å². The maximum Gasteiger partial charge on any atom is 0.359 e. The van der Waals surface area contributed by atoms with Crippen LogP contribution >= 0.6 is 0 Å². The summed E-state index contributed by atoms with van der Waals surface area (Å²) in [6.45, 7) is 0. The van der Waals surface area contributed by atoms with E-state index in [0.29, 0.717) is 0 Å². The molecule has 15 heavy (non-hydrogen) atoms. The molecule has 0 fully saturated rings. The van der Waals surface area contributed by atoms with E-state index < -0.39 is 0 Å². The smallest absolute Gasteiger partial charge is 0.359 e. The van der Waals surface area contributed by atoms with Crippen LogP contribution in [0, 0.1) is 7.14 Å². The van der Waals surface area contributed by atoms with Crippen molar-refractivity contribution in [2.24, 2.45) is 0 Å². The van der Waals surface area contributed by atoms with Crippen LogP contribution in [0.1, 0.15) is 0 Å². The lowest BCUT2D eigenvalue weighted by atomic mass is 10.3. The fourth-order valence-corrected chi connectivity index (χ4v) is 3.28. The van der Waals surface area contributed by atoms with Crippen LogP contribution in [-0.2, 0) is 0 Å². The lowest BCUT2D eigenvalue weighted by Crippen LogP contribution is -3.61. The summed E-state index contributed by atoms with van der Waals surface area (Å²) in [6.07, 6.45) is 3.75. The van der Waals surface area contributed by atoms with E-state index >= 15 is 0 Å². The summed E-state index contributed by atoms with van der Waals surface area (Å²) in [5.41, 5.74) is 0. The Morgan fingerprint density at radius 1 is 1.07 bits per heavy atom. The molecule has 2 rings (SSSR count). The third kappa shape index (κ3) is 2.92. The summed E-state index contributed by atoms with van der Waals surface area (Å²) in [5.74, 6) is 0.911. The highest BCUT2D eigenvalue weighted by molar-refractivity contribution is 5.20. The molecule has 2 nitrogen and oxygen atoms in total. The molecule has 0 aliphatic rings. The second-order valence-corrected chi connectivity index (χ2v) is 5.95. The predicted octanol–water partition coefficient (Wildman–Crippen LogP) is -0.781. The Morgan fingerprint density at radius 3 is 2.47 bits per heavy atom. The summed E-state index contributed by atoms with van der Waals surface area (Å²) in [5, 5.41) is 0. The third-order valence-corrected chi connectivity index (χ3v) is 4.50. The molecule has 0 bridgehead atoms. The van der Waals surface area contributed by atoms with Gasteiger partial charge in [-0.25, -0.2) is 0 Å². The highest BCUT2D eigenvalue weighted by Crippen LogP contribution is 2.06. The first-order valence-corrected chi connectivity index (χ1v) is 6.73. The number of methoxy groups -OCH3 is 1. The quantitative estimate of drug-likeness (QED) is 0.694. The van der Waals surface area contributed by atoms with Crippen LogP contribution < -0.4 is 25.9 Å². The van der Waals surface area contributed by atoms with E-state index in [4.69, 9.17) is 4.74 Å². The van der Waals surface area contributed by atoms with Gasteiger partial charge in [0.1, 0.15) is 5.75 Å². The molecule has 0 amide bonds. The first kappa shape index (κ1) is 10.4. The van der Waals surface area contributed by atoms with E-state index in [1.54, 1.807) is 13.3 Å². The largest absolute Gasteiger partial charge is 0.497 e. The average Bonchev–Trinajstić information content (AvgIpc) is 2.31. The molecule has 3 heteroatoms. The number of pyridine rings is 1. The number of aromatic nitrogens is 1. The third-order valence-electron chi connectivity index (χ3n) is 1.89. The molecule has 1 aromatic heterocycles. The van der Waals surface area contributed by atoms with Gasteiger partial charge in [-0.1, -0.05) is 0 Å². The number of halogens is 1. The van der Waals surface area contributed by atoms with Gasteiger partial charge in [-0.3, -0.25) is 4.98 Å². The van der Waals surface area contributed by atoms with Gasteiger partial charge in [-0.05, 0) is 36.4 Å². The highest BCUT2D eigenvalue weighted by atomic mass is 127. The minimum absolute atomic E-state index is 0.107. The molecule has 0 aliphatic carbocycles. The van der Waals surface area contributed by atoms with Gasteiger partial charge in [0, 0.05) is 6.20 Å². The Balaban J connectivity index is 2.11. The van der Waals surface area contributed by atoms with E-state index in [1.165, 1.54) is 7.14 Å². The van der Waals surface area contributed by atoms with Crippen molar-refractivity contribution in [2.45, 2.75) is 0 Å². The zero-order chi connectivity index (χ0) is 10.5. The van der Waals surface area contributed by atoms with E-state index in [9.17, 15) is 0 Å². The van der Waals surface area contributed by atoms with Crippen LogP contribution in [0.15, 0.2) is 48.8 Å². The van der Waals surface area contributed by atoms with Gasteiger partial charge in [0.15, 0.2) is 3.57 Å². The molecule has 1 heterocycles. The normalized spacial score (nSPS) is 9.93. The number of nitrogens with zero attached hydrogens (tertiary/aromatic N) is 1. The molecule has 76 valence electrons. The topological polar surface area (TPSA) is 22.1 Å². The Morgan fingerprint density at radius 2 is 1.87 bits per heavy atom.